The second-order valence-corrected chi connectivity index (χ2v) is 5.82. The van der Waals surface area contributed by atoms with Gasteiger partial charge in [0, 0.05) is 31.4 Å². The van der Waals surface area contributed by atoms with E-state index in [1.54, 1.807) is 13.0 Å². The SMILES string of the molecule is CCCN(CCC)CCN/C(C)=C1\C=CC=C(C(F)(F)F)\C1=N\C. The molecule has 0 spiro atoms. The second kappa shape index (κ2) is 9.67. The quantitative estimate of drug-likeness (QED) is 0.718. The molecule has 0 aromatic rings. The standard InChI is InChI=1S/C18H28F3N3/c1-5-11-24(12-6-2)13-10-23-14(3)15-8-7-9-16(17(15)22-4)18(19,20)21/h7-9,23H,5-6,10-13H2,1-4H3/b15-14+,22-17+. The van der Waals surface area contributed by atoms with Crippen molar-refractivity contribution in [2.24, 2.45) is 4.99 Å². The molecule has 0 atom stereocenters. The fraction of sp³-hybridized carbons (Fsp3) is 0.611. The lowest BCUT2D eigenvalue weighted by Crippen LogP contribution is -2.33. The summed E-state index contributed by atoms with van der Waals surface area (Å²) in [6.45, 7) is 9.73. The summed E-state index contributed by atoms with van der Waals surface area (Å²) in [7, 11) is 1.39. The number of aliphatic imine (C=N–C) groups is 1. The normalized spacial score (nSPS) is 19.0. The average Bonchev–Trinajstić information content (AvgIpc) is 2.53. The van der Waals surface area contributed by atoms with Gasteiger partial charge in [0.05, 0.1) is 11.3 Å². The summed E-state index contributed by atoms with van der Waals surface area (Å²) in [5.74, 6) is 0. The van der Waals surface area contributed by atoms with Crippen LogP contribution < -0.4 is 5.32 Å². The fourth-order valence-corrected chi connectivity index (χ4v) is 2.78. The smallest absolute Gasteiger partial charge is 0.387 e. The van der Waals surface area contributed by atoms with E-state index in [9.17, 15) is 13.2 Å². The molecule has 1 N–H and O–H groups in total. The lowest BCUT2D eigenvalue weighted by Gasteiger charge is -2.23. The zero-order valence-corrected chi connectivity index (χ0v) is 15.0. The second-order valence-electron chi connectivity index (χ2n) is 5.82. The van der Waals surface area contributed by atoms with Crippen molar-refractivity contribution in [3.05, 3.63) is 35.1 Å². The number of hydrogen-bond acceptors (Lipinski definition) is 3. The first-order valence-corrected chi connectivity index (χ1v) is 8.45. The van der Waals surface area contributed by atoms with Crippen molar-refractivity contribution in [2.75, 3.05) is 33.2 Å². The molecular formula is C18H28F3N3. The lowest BCUT2D eigenvalue weighted by atomic mass is 9.95. The number of rotatable bonds is 8. The summed E-state index contributed by atoms with van der Waals surface area (Å²) in [5.41, 5.74) is 0.524. The van der Waals surface area contributed by atoms with Gasteiger partial charge in [0.1, 0.15) is 0 Å². The van der Waals surface area contributed by atoms with Gasteiger partial charge in [-0.25, -0.2) is 0 Å². The van der Waals surface area contributed by atoms with Crippen LogP contribution >= 0.6 is 0 Å². The molecule has 6 heteroatoms. The molecule has 1 aliphatic carbocycles. The molecule has 0 saturated carbocycles. The Morgan fingerprint density at radius 3 is 2.29 bits per heavy atom. The van der Waals surface area contributed by atoms with E-state index in [0.29, 0.717) is 12.1 Å². The Kier molecular flexibility index (Phi) is 8.25. The summed E-state index contributed by atoms with van der Waals surface area (Å²) in [6.07, 6.45) is 1.96. The van der Waals surface area contributed by atoms with Gasteiger partial charge in [-0.1, -0.05) is 26.0 Å². The van der Waals surface area contributed by atoms with Crippen molar-refractivity contribution in [1.82, 2.24) is 10.2 Å². The van der Waals surface area contributed by atoms with Crippen LogP contribution in [0.1, 0.15) is 33.6 Å². The number of alkyl halides is 3. The summed E-state index contributed by atoms with van der Waals surface area (Å²) in [5, 5.41) is 3.25. The van der Waals surface area contributed by atoms with Gasteiger partial charge in [-0.05, 0) is 38.9 Å². The van der Waals surface area contributed by atoms with Crippen molar-refractivity contribution in [1.29, 1.82) is 0 Å². The zero-order valence-electron chi connectivity index (χ0n) is 15.0. The maximum Gasteiger partial charge on any atom is 0.418 e. The molecule has 0 aromatic carbocycles. The van der Waals surface area contributed by atoms with E-state index in [2.05, 4.69) is 29.1 Å². The first kappa shape index (κ1) is 20.5. The highest BCUT2D eigenvalue weighted by atomic mass is 19.4. The molecule has 1 rings (SSSR count). The first-order chi connectivity index (χ1) is 11.3. The van der Waals surface area contributed by atoms with Gasteiger partial charge in [0.25, 0.3) is 0 Å². The van der Waals surface area contributed by atoms with Crippen molar-refractivity contribution in [3.8, 4) is 0 Å². The van der Waals surface area contributed by atoms with Crippen LogP contribution in [-0.2, 0) is 0 Å². The van der Waals surface area contributed by atoms with Gasteiger partial charge in [0.2, 0.25) is 0 Å². The molecule has 0 aromatic heterocycles. The van der Waals surface area contributed by atoms with Crippen molar-refractivity contribution in [3.63, 3.8) is 0 Å². The average molecular weight is 343 g/mol. The Morgan fingerprint density at radius 1 is 1.17 bits per heavy atom. The van der Waals surface area contributed by atoms with Crippen molar-refractivity contribution >= 4 is 5.71 Å². The summed E-state index contributed by atoms with van der Waals surface area (Å²) < 4.78 is 39.3. The zero-order chi connectivity index (χ0) is 18.2. The van der Waals surface area contributed by atoms with E-state index in [1.807, 2.05) is 0 Å². The van der Waals surface area contributed by atoms with E-state index in [1.165, 1.54) is 13.1 Å². The first-order valence-electron chi connectivity index (χ1n) is 8.45. The minimum absolute atomic E-state index is 0.00558. The van der Waals surface area contributed by atoms with Crippen LogP contribution in [0.3, 0.4) is 0 Å². The van der Waals surface area contributed by atoms with Gasteiger partial charge in [-0.2, -0.15) is 13.2 Å². The van der Waals surface area contributed by atoms with E-state index in [0.717, 1.165) is 44.2 Å². The van der Waals surface area contributed by atoms with E-state index >= 15 is 0 Å². The molecule has 0 aliphatic heterocycles. The molecule has 3 nitrogen and oxygen atoms in total. The number of nitrogens with zero attached hydrogens (tertiary/aromatic N) is 2. The molecule has 0 saturated heterocycles. The molecule has 0 fully saturated rings. The Hall–Kier alpha value is -1.56. The molecule has 1 aliphatic rings. The highest BCUT2D eigenvalue weighted by Gasteiger charge is 2.38. The van der Waals surface area contributed by atoms with Gasteiger partial charge in [-0.3, -0.25) is 4.99 Å². The number of allylic oxidation sites excluding steroid dienone is 6. The fourth-order valence-electron chi connectivity index (χ4n) is 2.78. The molecule has 0 amide bonds. The Morgan fingerprint density at radius 2 is 1.79 bits per heavy atom. The third kappa shape index (κ3) is 5.82. The third-order valence-corrected chi connectivity index (χ3v) is 3.87. The summed E-state index contributed by atoms with van der Waals surface area (Å²) in [4.78, 5) is 6.23. The maximum atomic E-state index is 13.1. The summed E-state index contributed by atoms with van der Waals surface area (Å²) >= 11 is 0. The number of halogens is 3. The van der Waals surface area contributed by atoms with Crippen LogP contribution in [0, 0.1) is 0 Å². The lowest BCUT2D eigenvalue weighted by molar-refractivity contribution is -0.0860. The van der Waals surface area contributed by atoms with Crippen LogP contribution in [0.5, 0.6) is 0 Å². The Balaban J connectivity index is 2.79. The van der Waals surface area contributed by atoms with E-state index < -0.39 is 11.7 Å². The van der Waals surface area contributed by atoms with Crippen LogP contribution in [0.4, 0.5) is 13.2 Å². The number of hydrogen-bond donors (Lipinski definition) is 1. The van der Waals surface area contributed by atoms with Crippen molar-refractivity contribution < 1.29 is 13.2 Å². The van der Waals surface area contributed by atoms with Gasteiger partial charge >= 0.3 is 6.18 Å². The van der Waals surface area contributed by atoms with Crippen molar-refractivity contribution in [2.45, 2.75) is 39.8 Å². The van der Waals surface area contributed by atoms with Crippen LogP contribution in [-0.4, -0.2) is 50.0 Å². The molecule has 0 heterocycles. The molecule has 0 unspecified atom stereocenters. The predicted octanol–water partition coefficient (Wildman–Crippen LogP) is 4.10. The largest absolute Gasteiger partial charge is 0.418 e. The van der Waals surface area contributed by atoms with E-state index in [-0.39, 0.29) is 5.71 Å². The monoisotopic (exact) mass is 343 g/mol. The van der Waals surface area contributed by atoms with Gasteiger partial charge in [0.15, 0.2) is 0 Å². The van der Waals surface area contributed by atoms with Crippen LogP contribution in [0.25, 0.3) is 0 Å². The highest BCUT2D eigenvalue weighted by Crippen LogP contribution is 2.32. The summed E-state index contributed by atoms with van der Waals surface area (Å²) in [6, 6.07) is 0. The Bertz CT molecular complexity index is 522. The molecule has 0 radical (unpaired) electrons. The topological polar surface area (TPSA) is 27.6 Å². The van der Waals surface area contributed by atoms with Gasteiger partial charge in [-0.15, -0.1) is 0 Å². The molecule has 136 valence electrons. The minimum Gasteiger partial charge on any atom is -0.387 e. The number of nitrogens with one attached hydrogen (secondary N) is 1. The molecular weight excluding hydrogens is 315 g/mol. The highest BCUT2D eigenvalue weighted by molar-refractivity contribution is 6.16. The molecule has 24 heavy (non-hydrogen) atoms. The van der Waals surface area contributed by atoms with Gasteiger partial charge < -0.3 is 10.2 Å². The molecule has 0 bridgehead atoms. The van der Waals surface area contributed by atoms with Crippen LogP contribution in [0.2, 0.25) is 0 Å². The van der Waals surface area contributed by atoms with Crippen LogP contribution in [0.15, 0.2) is 40.1 Å². The minimum atomic E-state index is -4.40. The predicted molar refractivity (Wildman–Crippen MR) is 94.4 cm³/mol. The third-order valence-electron chi connectivity index (χ3n) is 3.87. The Labute approximate surface area is 143 Å². The van der Waals surface area contributed by atoms with E-state index in [4.69, 9.17) is 0 Å². The maximum absolute atomic E-state index is 13.1.